The summed E-state index contributed by atoms with van der Waals surface area (Å²) in [7, 11) is 3.08. The molecule has 0 spiro atoms. The number of ether oxygens (including phenoxy) is 3. The number of hydrogen-bond acceptors (Lipinski definition) is 6. The molecule has 0 bridgehead atoms. The van der Waals surface area contributed by atoms with Crippen molar-refractivity contribution in [3.05, 3.63) is 59.3 Å². The van der Waals surface area contributed by atoms with Crippen LogP contribution in [-0.4, -0.2) is 48.1 Å². The second kappa shape index (κ2) is 7.48. The predicted molar refractivity (Wildman–Crippen MR) is 106 cm³/mol. The summed E-state index contributed by atoms with van der Waals surface area (Å²) in [5.41, 5.74) is 2.77. The fourth-order valence-corrected chi connectivity index (χ4v) is 4.13. The highest BCUT2D eigenvalue weighted by molar-refractivity contribution is 7.19. The minimum absolute atomic E-state index is 0.174. The lowest BCUT2D eigenvalue weighted by atomic mass is 10.2. The second-order valence-electron chi connectivity index (χ2n) is 6.44. The van der Waals surface area contributed by atoms with Crippen LogP contribution in [0, 0.1) is 6.92 Å². The minimum Gasteiger partial charge on any atom is -0.352 e. The summed E-state index contributed by atoms with van der Waals surface area (Å²) in [6, 6.07) is 9.96. The number of nitrogens with one attached hydrogen (secondary N) is 1. The minimum atomic E-state index is -1.03. The third-order valence-corrected chi connectivity index (χ3v) is 5.88. The highest BCUT2D eigenvalue weighted by atomic mass is 32.1. The second-order valence-corrected chi connectivity index (χ2v) is 7.42. The van der Waals surface area contributed by atoms with E-state index in [0.29, 0.717) is 4.88 Å². The molecule has 0 radical (unpaired) electrons. The number of fused-ring (bicyclic) bond motifs is 1. The van der Waals surface area contributed by atoms with E-state index in [1.807, 2.05) is 47.9 Å². The van der Waals surface area contributed by atoms with E-state index in [0.717, 1.165) is 21.9 Å². The average molecular weight is 399 g/mol. The van der Waals surface area contributed by atoms with Gasteiger partial charge in [-0.05, 0) is 19.1 Å². The van der Waals surface area contributed by atoms with E-state index in [9.17, 15) is 4.79 Å². The van der Waals surface area contributed by atoms with Crippen LogP contribution in [0.4, 0.5) is 0 Å². The molecule has 3 aromatic rings. The molecule has 1 amide bonds. The van der Waals surface area contributed by atoms with Gasteiger partial charge in [-0.15, -0.1) is 0 Å². The molecule has 1 aromatic carbocycles. The van der Waals surface area contributed by atoms with Gasteiger partial charge in [-0.25, -0.2) is 4.98 Å². The summed E-state index contributed by atoms with van der Waals surface area (Å²) >= 11 is 1.36. The van der Waals surface area contributed by atoms with Crippen molar-refractivity contribution in [3.8, 4) is 11.3 Å². The first-order chi connectivity index (χ1) is 13.5. The van der Waals surface area contributed by atoms with E-state index in [1.165, 1.54) is 18.4 Å². The molecule has 8 heteroatoms. The third-order valence-electron chi connectivity index (χ3n) is 4.73. The maximum absolute atomic E-state index is 12.7. The largest absolute Gasteiger partial charge is 0.352 e. The first kappa shape index (κ1) is 18.8. The molecular formula is C20H21N3O4S. The van der Waals surface area contributed by atoms with Crippen molar-refractivity contribution in [2.75, 3.05) is 20.8 Å². The predicted octanol–water partition coefficient (Wildman–Crippen LogP) is 3.00. The van der Waals surface area contributed by atoms with Crippen molar-refractivity contribution in [3.63, 3.8) is 0 Å². The molecular weight excluding hydrogens is 378 g/mol. The van der Waals surface area contributed by atoms with Gasteiger partial charge in [-0.3, -0.25) is 9.20 Å². The Morgan fingerprint density at radius 3 is 2.79 bits per heavy atom. The van der Waals surface area contributed by atoms with E-state index in [2.05, 4.69) is 10.3 Å². The molecule has 28 heavy (non-hydrogen) atoms. The van der Waals surface area contributed by atoms with E-state index in [1.54, 1.807) is 19.3 Å². The summed E-state index contributed by atoms with van der Waals surface area (Å²) in [4.78, 5) is 18.8. The summed E-state index contributed by atoms with van der Waals surface area (Å²) in [6.45, 7) is 2.08. The monoisotopic (exact) mass is 399 g/mol. The van der Waals surface area contributed by atoms with Crippen LogP contribution < -0.4 is 5.32 Å². The molecule has 4 rings (SSSR count). The van der Waals surface area contributed by atoms with E-state index < -0.39 is 12.1 Å². The smallest absolute Gasteiger partial charge is 0.263 e. The fourth-order valence-electron chi connectivity index (χ4n) is 3.11. The first-order valence-corrected chi connectivity index (χ1v) is 9.64. The Morgan fingerprint density at radius 1 is 1.36 bits per heavy atom. The number of aromatic nitrogens is 2. The van der Waals surface area contributed by atoms with Gasteiger partial charge in [0.25, 0.3) is 5.91 Å². The van der Waals surface area contributed by atoms with Crippen LogP contribution in [-0.2, 0) is 14.2 Å². The van der Waals surface area contributed by atoms with Gasteiger partial charge in [-0.2, -0.15) is 0 Å². The number of hydrogen-bond donors (Lipinski definition) is 1. The number of carbonyl (C=O) groups excluding carboxylic acids is 1. The van der Waals surface area contributed by atoms with Gasteiger partial charge in [0, 0.05) is 31.7 Å². The number of carbonyl (C=O) groups is 1. The summed E-state index contributed by atoms with van der Waals surface area (Å²) < 4.78 is 18.2. The Morgan fingerprint density at radius 2 is 2.14 bits per heavy atom. The van der Waals surface area contributed by atoms with Crippen molar-refractivity contribution in [2.24, 2.45) is 0 Å². The van der Waals surface area contributed by atoms with Crippen LogP contribution in [0.15, 0.2) is 48.7 Å². The van der Waals surface area contributed by atoms with Crippen molar-refractivity contribution in [2.45, 2.75) is 19.0 Å². The number of aryl methyl sites for hydroxylation is 1. The van der Waals surface area contributed by atoms with Crippen LogP contribution in [0.2, 0.25) is 0 Å². The Balaban J connectivity index is 1.51. The zero-order chi connectivity index (χ0) is 19.7. The average Bonchev–Trinajstić information content (AvgIpc) is 3.42. The SMILES string of the molecule is CO[C@@H]1C=C[C@](CNC(=O)c2sc3nc(-c4ccccc4)cn3c2C)(OC)O1. The molecule has 1 aliphatic rings. The maximum Gasteiger partial charge on any atom is 0.263 e. The molecule has 2 aromatic heterocycles. The zero-order valence-corrected chi connectivity index (χ0v) is 16.7. The molecule has 0 aliphatic carbocycles. The Hall–Kier alpha value is -2.52. The van der Waals surface area contributed by atoms with Crippen molar-refractivity contribution in [1.29, 1.82) is 0 Å². The number of thiazole rings is 1. The molecule has 0 saturated heterocycles. The topological polar surface area (TPSA) is 74.1 Å². The highest BCUT2D eigenvalue weighted by Gasteiger charge is 2.36. The molecule has 2 atom stereocenters. The quantitative estimate of drug-likeness (QED) is 0.645. The molecule has 0 unspecified atom stereocenters. The van der Waals surface area contributed by atoms with Gasteiger partial charge in [0.1, 0.15) is 4.88 Å². The van der Waals surface area contributed by atoms with Crippen molar-refractivity contribution >= 4 is 22.2 Å². The lowest BCUT2D eigenvalue weighted by Crippen LogP contribution is -2.44. The molecule has 7 nitrogen and oxygen atoms in total. The third kappa shape index (κ3) is 3.35. The Kier molecular flexibility index (Phi) is 5.03. The van der Waals surface area contributed by atoms with Crippen LogP contribution in [0.3, 0.4) is 0 Å². The normalized spacial score (nSPS) is 21.5. The summed E-state index contributed by atoms with van der Waals surface area (Å²) in [5.74, 6) is -1.22. The molecule has 1 N–H and O–H groups in total. The molecule has 146 valence electrons. The standard InChI is InChI=1S/C20H21N3O4S/c1-13-17(18(24)21-12-20(26-3)10-9-16(25-2)27-20)28-19-22-15(11-23(13)19)14-7-5-4-6-8-14/h4-11,16H,12H2,1-3H3,(H,21,24)/t16-,20-/m0/s1. The highest BCUT2D eigenvalue weighted by Crippen LogP contribution is 2.28. The van der Waals surface area contributed by atoms with Crippen LogP contribution >= 0.6 is 11.3 Å². The fraction of sp³-hybridized carbons (Fsp3) is 0.300. The van der Waals surface area contributed by atoms with Gasteiger partial charge in [0.15, 0.2) is 11.3 Å². The number of nitrogens with zero attached hydrogens (tertiary/aromatic N) is 2. The number of rotatable bonds is 6. The zero-order valence-electron chi connectivity index (χ0n) is 15.8. The number of methoxy groups -OCH3 is 2. The van der Waals surface area contributed by atoms with Gasteiger partial charge < -0.3 is 19.5 Å². The number of amides is 1. The van der Waals surface area contributed by atoms with E-state index in [-0.39, 0.29) is 12.5 Å². The van der Waals surface area contributed by atoms with Crippen molar-refractivity contribution in [1.82, 2.24) is 14.7 Å². The van der Waals surface area contributed by atoms with Crippen LogP contribution in [0.5, 0.6) is 0 Å². The lowest BCUT2D eigenvalue weighted by molar-refractivity contribution is -0.238. The first-order valence-electron chi connectivity index (χ1n) is 8.82. The summed E-state index contributed by atoms with van der Waals surface area (Å²) in [6.07, 6.45) is 4.98. The van der Waals surface area contributed by atoms with E-state index >= 15 is 0 Å². The van der Waals surface area contributed by atoms with Crippen molar-refractivity contribution < 1.29 is 19.0 Å². The van der Waals surface area contributed by atoms with Crippen LogP contribution in [0.1, 0.15) is 15.4 Å². The van der Waals surface area contributed by atoms with Gasteiger partial charge >= 0.3 is 0 Å². The van der Waals surface area contributed by atoms with Gasteiger partial charge in [-0.1, -0.05) is 41.7 Å². The van der Waals surface area contributed by atoms with Gasteiger partial charge in [0.2, 0.25) is 5.79 Å². The number of imidazole rings is 1. The molecule has 3 heterocycles. The Labute approximate surface area is 166 Å². The van der Waals surface area contributed by atoms with Crippen LogP contribution in [0.25, 0.3) is 16.2 Å². The molecule has 1 aliphatic heterocycles. The Bertz CT molecular complexity index is 1030. The maximum atomic E-state index is 12.7. The van der Waals surface area contributed by atoms with E-state index in [4.69, 9.17) is 14.2 Å². The van der Waals surface area contributed by atoms with Gasteiger partial charge in [0.05, 0.1) is 12.2 Å². The summed E-state index contributed by atoms with van der Waals surface area (Å²) in [5, 5.41) is 2.89. The lowest BCUT2D eigenvalue weighted by Gasteiger charge is -2.27. The molecule has 0 fully saturated rings. The molecule has 0 saturated carbocycles. The number of benzene rings is 1.